The molecular formula is C9H10BrCl2NO. The quantitative estimate of drug-likeness (QED) is 0.679. The molecule has 0 spiro atoms. The van der Waals surface area contributed by atoms with Crippen molar-refractivity contribution in [3.05, 3.63) is 27.7 Å². The Morgan fingerprint density at radius 3 is 2.64 bits per heavy atom. The highest BCUT2D eigenvalue weighted by Crippen LogP contribution is 2.34. The van der Waals surface area contributed by atoms with Crippen LogP contribution in [-0.2, 0) is 6.54 Å². The number of hydrogen-bond donors (Lipinski definition) is 1. The Bertz CT molecular complexity index is 320. The zero-order chi connectivity index (χ0) is 10.6. The van der Waals surface area contributed by atoms with Gasteiger partial charge in [-0.25, -0.2) is 0 Å². The largest absolute Gasteiger partial charge is 0.495 e. The molecule has 0 fully saturated rings. The van der Waals surface area contributed by atoms with Crippen LogP contribution in [0.15, 0.2) is 12.1 Å². The molecule has 0 bridgehead atoms. The summed E-state index contributed by atoms with van der Waals surface area (Å²) in [6.07, 6.45) is 0. The van der Waals surface area contributed by atoms with Crippen molar-refractivity contribution in [3.63, 3.8) is 0 Å². The second-order valence-corrected chi connectivity index (χ2v) is 3.93. The monoisotopic (exact) mass is 297 g/mol. The van der Waals surface area contributed by atoms with Crippen molar-refractivity contribution in [2.75, 3.05) is 12.6 Å². The molecule has 1 rings (SSSR count). The fourth-order valence-corrected chi connectivity index (χ4v) is 1.73. The Labute approximate surface area is 102 Å². The minimum atomic E-state index is 0.461. The van der Waals surface area contributed by atoms with Crippen molar-refractivity contribution in [2.24, 2.45) is 0 Å². The van der Waals surface area contributed by atoms with Gasteiger partial charge < -0.3 is 10.1 Å². The lowest BCUT2D eigenvalue weighted by atomic mass is 10.2. The highest BCUT2D eigenvalue weighted by molar-refractivity contribution is 9.09. The average Bonchev–Trinajstić information content (AvgIpc) is 2.20. The molecule has 0 amide bonds. The van der Waals surface area contributed by atoms with Crippen molar-refractivity contribution in [1.82, 2.24) is 5.32 Å². The number of benzene rings is 1. The summed E-state index contributed by atoms with van der Waals surface area (Å²) in [6.45, 7) is 0.674. The lowest BCUT2D eigenvalue weighted by Crippen LogP contribution is -2.10. The molecule has 1 aromatic carbocycles. The van der Waals surface area contributed by atoms with Crippen LogP contribution in [-0.4, -0.2) is 12.6 Å². The second-order valence-electron chi connectivity index (χ2n) is 2.62. The first-order valence-electron chi connectivity index (χ1n) is 3.98. The molecule has 5 heteroatoms. The van der Waals surface area contributed by atoms with Gasteiger partial charge in [-0.15, -0.1) is 0 Å². The van der Waals surface area contributed by atoms with E-state index in [4.69, 9.17) is 27.9 Å². The minimum absolute atomic E-state index is 0.461. The number of halogens is 3. The molecule has 14 heavy (non-hydrogen) atoms. The van der Waals surface area contributed by atoms with Crippen LogP contribution >= 0.6 is 39.1 Å². The molecule has 1 N–H and O–H groups in total. The first kappa shape index (κ1) is 12.1. The highest BCUT2D eigenvalue weighted by atomic mass is 79.9. The van der Waals surface area contributed by atoms with Gasteiger partial charge in [0.2, 0.25) is 0 Å². The maximum absolute atomic E-state index is 6.05. The zero-order valence-corrected chi connectivity index (χ0v) is 10.7. The smallest absolute Gasteiger partial charge is 0.138 e. The van der Waals surface area contributed by atoms with E-state index in [-0.39, 0.29) is 0 Å². The van der Waals surface area contributed by atoms with E-state index in [0.29, 0.717) is 27.8 Å². The number of alkyl halides is 1. The fourth-order valence-electron chi connectivity index (χ4n) is 1.05. The van der Waals surface area contributed by atoms with Crippen molar-refractivity contribution < 1.29 is 4.74 Å². The molecule has 0 unspecified atom stereocenters. The standard InChI is InChI=1S/C9H10BrCl2NO/c1-14-7-3-2-6(4-13-5-10)8(11)9(7)12/h2-3,13H,4-5H2,1H3. The Hall–Kier alpha value is 0.0400. The number of hydrogen-bond acceptors (Lipinski definition) is 2. The number of ether oxygens (including phenoxy) is 1. The van der Waals surface area contributed by atoms with Gasteiger partial charge >= 0.3 is 0 Å². The van der Waals surface area contributed by atoms with Gasteiger partial charge in [0, 0.05) is 6.54 Å². The maximum Gasteiger partial charge on any atom is 0.138 e. The van der Waals surface area contributed by atoms with E-state index in [2.05, 4.69) is 21.2 Å². The van der Waals surface area contributed by atoms with E-state index in [1.54, 1.807) is 13.2 Å². The number of nitrogens with one attached hydrogen (secondary N) is 1. The minimum Gasteiger partial charge on any atom is -0.495 e. The first-order valence-corrected chi connectivity index (χ1v) is 5.86. The molecule has 0 aliphatic carbocycles. The fraction of sp³-hybridized carbons (Fsp3) is 0.333. The molecule has 0 radical (unpaired) electrons. The van der Waals surface area contributed by atoms with Crippen LogP contribution in [0, 0.1) is 0 Å². The van der Waals surface area contributed by atoms with Gasteiger partial charge in [0.1, 0.15) is 10.8 Å². The van der Waals surface area contributed by atoms with Gasteiger partial charge in [0.15, 0.2) is 0 Å². The van der Waals surface area contributed by atoms with E-state index in [1.807, 2.05) is 6.07 Å². The Kier molecular flexibility index (Phi) is 5.02. The topological polar surface area (TPSA) is 21.3 Å². The Balaban J connectivity index is 2.92. The van der Waals surface area contributed by atoms with E-state index < -0.39 is 0 Å². The Morgan fingerprint density at radius 2 is 2.07 bits per heavy atom. The summed E-state index contributed by atoms with van der Waals surface area (Å²) in [5.41, 5.74) is 1.67. The molecule has 0 aliphatic heterocycles. The van der Waals surface area contributed by atoms with Crippen LogP contribution in [0.3, 0.4) is 0 Å². The lowest BCUT2D eigenvalue weighted by molar-refractivity contribution is 0.415. The van der Waals surface area contributed by atoms with Crippen molar-refractivity contribution in [1.29, 1.82) is 0 Å². The van der Waals surface area contributed by atoms with Crippen molar-refractivity contribution in [2.45, 2.75) is 6.54 Å². The van der Waals surface area contributed by atoms with Crippen LogP contribution in [0.5, 0.6) is 5.75 Å². The third kappa shape index (κ3) is 2.76. The van der Waals surface area contributed by atoms with E-state index in [1.165, 1.54) is 0 Å². The van der Waals surface area contributed by atoms with Crippen LogP contribution < -0.4 is 10.1 Å². The average molecular weight is 299 g/mol. The van der Waals surface area contributed by atoms with Crippen LogP contribution in [0.4, 0.5) is 0 Å². The molecule has 78 valence electrons. The van der Waals surface area contributed by atoms with Crippen molar-refractivity contribution >= 4 is 39.1 Å². The maximum atomic E-state index is 6.05. The summed E-state index contributed by atoms with van der Waals surface area (Å²) in [6, 6.07) is 3.70. The number of methoxy groups -OCH3 is 1. The van der Waals surface area contributed by atoms with E-state index in [9.17, 15) is 0 Å². The third-order valence-electron chi connectivity index (χ3n) is 1.76. The van der Waals surface area contributed by atoms with Crippen LogP contribution in [0.2, 0.25) is 10.0 Å². The summed E-state index contributed by atoms with van der Waals surface area (Å²) >= 11 is 15.3. The third-order valence-corrected chi connectivity index (χ3v) is 3.06. The van der Waals surface area contributed by atoms with E-state index in [0.717, 1.165) is 5.56 Å². The van der Waals surface area contributed by atoms with Gasteiger partial charge in [-0.1, -0.05) is 45.2 Å². The van der Waals surface area contributed by atoms with Crippen LogP contribution in [0.25, 0.3) is 0 Å². The summed E-state index contributed by atoms with van der Waals surface area (Å²) in [5, 5.41) is 4.11. The van der Waals surface area contributed by atoms with Gasteiger partial charge in [0.25, 0.3) is 0 Å². The molecule has 1 aromatic rings. The first-order chi connectivity index (χ1) is 6.70. The Morgan fingerprint density at radius 1 is 1.36 bits per heavy atom. The SMILES string of the molecule is COc1ccc(CNCBr)c(Cl)c1Cl. The molecule has 0 aromatic heterocycles. The van der Waals surface area contributed by atoms with Gasteiger partial charge in [-0.3, -0.25) is 0 Å². The zero-order valence-electron chi connectivity index (χ0n) is 7.61. The molecule has 0 saturated heterocycles. The molecule has 0 atom stereocenters. The van der Waals surface area contributed by atoms with Gasteiger partial charge in [-0.2, -0.15) is 0 Å². The molecule has 2 nitrogen and oxygen atoms in total. The van der Waals surface area contributed by atoms with Gasteiger partial charge in [0.05, 0.1) is 17.6 Å². The molecule has 0 saturated carbocycles. The predicted octanol–water partition coefficient (Wildman–Crippen LogP) is 3.44. The molecule has 0 aliphatic rings. The van der Waals surface area contributed by atoms with E-state index >= 15 is 0 Å². The molecular weight excluding hydrogens is 289 g/mol. The highest BCUT2D eigenvalue weighted by Gasteiger charge is 2.09. The number of rotatable bonds is 4. The van der Waals surface area contributed by atoms with Crippen molar-refractivity contribution in [3.8, 4) is 5.75 Å². The summed E-state index contributed by atoms with van der Waals surface area (Å²) in [5.74, 6) is 0.597. The lowest BCUT2D eigenvalue weighted by Gasteiger charge is -2.09. The predicted molar refractivity (Wildman–Crippen MR) is 63.6 cm³/mol. The summed E-state index contributed by atoms with van der Waals surface area (Å²) in [7, 11) is 1.56. The summed E-state index contributed by atoms with van der Waals surface area (Å²) < 4.78 is 5.04. The van der Waals surface area contributed by atoms with Crippen LogP contribution in [0.1, 0.15) is 5.56 Å². The second kappa shape index (κ2) is 5.81. The summed E-state index contributed by atoms with van der Waals surface area (Å²) in [4.78, 5) is 0. The molecule has 0 heterocycles. The normalized spacial score (nSPS) is 10.3. The van der Waals surface area contributed by atoms with Gasteiger partial charge in [-0.05, 0) is 11.6 Å².